The molecule has 2 aromatic rings. The maximum atomic E-state index is 14.3. The largest absolute Gasteiger partial charge is 0.434 e. The normalized spacial score (nSPS) is 16.9. The molecule has 0 radical (unpaired) electrons. The van der Waals surface area contributed by atoms with Crippen LogP contribution in [-0.2, 0) is 9.47 Å². The van der Waals surface area contributed by atoms with Gasteiger partial charge < -0.3 is 24.0 Å². The molecule has 2 aliphatic rings. The van der Waals surface area contributed by atoms with Crippen molar-refractivity contribution in [2.24, 2.45) is 11.3 Å². The fraction of sp³-hybridized carbons (Fsp3) is 0.706. The third kappa shape index (κ3) is 8.90. The number of rotatable bonds is 18. The van der Waals surface area contributed by atoms with Crippen LogP contribution in [0.1, 0.15) is 64.2 Å². The van der Waals surface area contributed by atoms with Gasteiger partial charge in [-0.2, -0.15) is 0 Å². The van der Waals surface area contributed by atoms with Crippen LogP contribution >= 0.6 is 0 Å². The van der Waals surface area contributed by atoms with Gasteiger partial charge in [0.15, 0.2) is 5.82 Å². The van der Waals surface area contributed by atoms with Crippen molar-refractivity contribution in [3.63, 3.8) is 0 Å². The molecule has 0 aliphatic carbocycles. The number of hydrogen-bond donors (Lipinski definition) is 0. The minimum absolute atomic E-state index is 0.0445. The smallest absolute Gasteiger partial charge is 0.282 e. The fourth-order valence-corrected chi connectivity index (χ4v) is 6.96. The first-order chi connectivity index (χ1) is 22.1. The second kappa shape index (κ2) is 16.8. The molecule has 3 heterocycles. The summed E-state index contributed by atoms with van der Waals surface area (Å²) in [6.07, 6.45) is 4.78. The quantitative estimate of drug-likeness (QED) is 0.230. The lowest BCUT2D eigenvalue weighted by Crippen LogP contribution is -2.62. The summed E-state index contributed by atoms with van der Waals surface area (Å²) >= 11 is 0. The Kier molecular flexibility index (Phi) is 13.1. The maximum Gasteiger partial charge on any atom is 0.282 e. The van der Waals surface area contributed by atoms with E-state index in [4.69, 9.17) is 14.2 Å². The zero-order valence-corrected chi connectivity index (χ0v) is 28.9. The first-order valence-electron chi connectivity index (χ1n) is 16.8. The van der Waals surface area contributed by atoms with E-state index < -0.39 is 5.82 Å². The molecule has 4 rings (SSSR count). The molecular formula is C34H54FN7O4. The van der Waals surface area contributed by atoms with Gasteiger partial charge in [0.05, 0.1) is 18.8 Å². The van der Waals surface area contributed by atoms with Crippen molar-refractivity contribution < 1.29 is 23.4 Å². The van der Waals surface area contributed by atoms with E-state index in [0.717, 1.165) is 78.3 Å². The molecule has 11 nitrogen and oxygen atoms in total. The monoisotopic (exact) mass is 643 g/mol. The number of carbonyl (C=O) groups is 1. The van der Waals surface area contributed by atoms with Gasteiger partial charge in [-0.3, -0.25) is 14.6 Å². The topological polar surface area (TPSA) is 96.4 Å². The van der Waals surface area contributed by atoms with Gasteiger partial charge in [0.2, 0.25) is 0 Å². The van der Waals surface area contributed by atoms with Crippen LogP contribution < -0.4 is 9.64 Å². The van der Waals surface area contributed by atoms with E-state index in [-0.39, 0.29) is 34.6 Å². The molecule has 1 aromatic carbocycles. The van der Waals surface area contributed by atoms with Crippen LogP contribution in [0.25, 0.3) is 0 Å². The highest BCUT2D eigenvalue weighted by atomic mass is 19.1. The molecule has 46 heavy (non-hydrogen) atoms. The Morgan fingerprint density at radius 2 is 1.78 bits per heavy atom. The molecule has 1 aromatic heterocycles. The lowest BCUT2D eigenvalue weighted by molar-refractivity contribution is -0.0347. The molecule has 256 valence electrons. The fourth-order valence-electron chi connectivity index (χ4n) is 6.96. The number of likely N-dealkylation sites (tertiary alicyclic amines) is 1. The summed E-state index contributed by atoms with van der Waals surface area (Å²) in [6.45, 7) is 19.1. The van der Waals surface area contributed by atoms with E-state index in [9.17, 15) is 9.18 Å². The first-order valence-corrected chi connectivity index (χ1v) is 16.8. The number of benzene rings is 1. The van der Waals surface area contributed by atoms with Gasteiger partial charge >= 0.3 is 0 Å². The number of ether oxygens (including phenoxy) is 3. The minimum Gasteiger partial charge on any atom is -0.434 e. The average molecular weight is 644 g/mol. The minimum atomic E-state index is -0.502. The third-order valence-corrected chi connectivity index (χ3v) is 9.43. The van der Waals surface area contributed by atoms with Crippen molar-refractivity contribution in [1.29, 1.82) is 0 Å². The van der Waals surface area contributed by atoms with Crippen molar-refractivity contribution in [3.8, 4) is 11.6 Å². The van der Waals surface area contributed by atoms with Crippen LogP contribution in [0.2, 0.25) is 0 Å². The molecular weight excluding hydrogens is 589 g/mol. The Hall–Kier alpha value is -2.93. The van der Waals surface area contributed by atoms with Crippen LogP contribution in [0.3, 0.4) is 0 Å². The van der Waals surface area contributed by atoms with E-state index in [1.807, 2.05) is 20.8 Å². The van der Waals surface area contributed by atoms with E-state index in [1.165, 1.54) is 24.5 Å². The summed E-state index contributed by atoms with van der Waals surface area (Å²) in [4.78, 5) is 26.9. The van der Waals surface area contributed by atoms with Gasteiger partial charge in [-0.15, -0.1) is 10.2 Å². The molecule has 1 unspecified atom stereocenters. The summed E-state index contributed by atoms with van der Waals surface area (Å²) in [5.41, 5.74) is 0.341. The Labute approximate surface area is 274 Å². The van der Waals surface area contributed by atoms with Gasteiger partial charge in [0, 0.05) is 77.5 Å². The van der Waals surface area contributed by atoms with Crippen molar-refractivity contribution in [2.45, 2.75) is 66.0 Å². The number of anilines is 1. The third-order valence-electron chi connectivity index (χ3n) is 9.43. The van der Waals surface area contributed by atoms with Gasteiger partial charge in [0.25, 0.3) is 11.8 Å². The molecule has 1 spiro atoms. The number of amides is 1. The molecule has 1 amide bonds. The second-order valence-electron chi connectivity index (χ2n) is 13.4. The molecule has 12 heteroatoms. The lowest BCUT2D eigenvalue weighted by atomic mass is 9.76. The SMILES string of the molecule is CCN(C(=O)c1cc(F)ccc1Oc1nncnc1N1CCC2(C1)CN(C(CCCN(CCOC)CCOC)C(C)C)C2)C(C)C. The van der Waals surface area contributed by atoms with Crippen molar-refractivity contribution in [2.75, 3.05) is 84.7 Å². The predicted octanol–water partition coefficient (Wildman–Crippen LogP) is 4.59. The van der Waals surface area contributed by atoms with Crippen molar-refractivity contribution >= 4 is 11.7 Å². The number of carbonyl (C=O) groups excluding carboxylic acids is 1. The van der Waals surface area contributed by atoms with E-state index in [1.54, 1.807) is 19.1 Å². The number of nitrogens with zero attached hydrogens (tertiary/aromatic N) is 7. The Bertz CT molecular complexity index is 1250. The van der Waals surface area contributed by atoms with Crippen LogP contribution in [0, 0.1) is 17.2 Å². The van der Waals surface area contributed by atoms with Crippen LogP contribution in [0.4, 0.5) is 10.2 Å². The average Bonchev–Trinajstić information content (AvgIpc) is 3.46. The van der Waals surface area contributed by atoms with E-state index >= 15 is 0 Å². The summed E-state index contributed by atoms with van der Waals surface area (Å²) in [5.74, 6) is 0.822. The predicted molar refractivity (Wildman–Crippen MR) is 177 cm³/mol. The standard InChI is InChI=1S/C34H54FN7O4/c1-8-42(26(4)5)33(43)28-20-27(35)11-12-30(28)46-32-31(36-24-37-38-32)40-15-13-34(21-40)22-41(23-34)29(25(2)3)10-9-14-39(16-18-44-6)17-19-45-7/h11-12,20,24-26,29H,8-10,13-19,21-23H2,1-7H3. The molecule has 0 N–H and O–H groups in total. The Morgan fingerprint density at radius 3 is 2.41 bits per heavy atom. The zero-order valence-electron chi connectivity index (χ0n) is 28.9. The maximum absolute atomic E-state index is 14.3. The zero-order chi connectivity index (χ0) is 33.3. The highest BCUT2D eigenvalue weighted by molar-refractivity contribution is 5.97. The highest BCUT2D eigenvalue weighted by Crippen LogP contribution is 2.44. The highest BCUT2D eigenvalue weighted by Gasteiger charge is 2.50. The molecule has 2 saturated heterocycles. The summed E-state index contributed by atoms with van der Waals surface area (Å²) in [7, 11) is 3.50. The second-order valence-corrected chi connectivity index (χ2v) is 13.4. The Balaban J connectivity index is 1.40. The summed E-state index contributed by atoms with van der Waals surface area (Å²) < 4.78 is 31.1. The number of methoxy groups -OCH3 is 2. The van der Waals surface area contributed by atoms with E-state index in [0.29, 0.717) is 24.3 Å². The van der Waals surface area contributed by atoms with Crippen LogP contribution in [0.5, 0.6) is 11.6 Å². The number of halogens is 1. The molecule has 2 fully saturated rings. The molecule has 1 atom stereocenters. The van der Waals surface area contributed by atoms with E-state index in [2.05, 4.69) is 43.7 Å². The van der Waals surface area contributed by atoms with Crippen LogP contribution in [-0.4, -0.2) is 128 Å². The lowest BCUT2D eigenvalue weighted by Gasteiger charge is -2.53. The summed E-state index contributed by atoms with van der Waals surface area (Å²) in [5, 5.41) is 8.23. The van der Waals surface area contributed by atoms with Gasteiger partial charge in [0.1, 0.15) is 17.9 Å². The molecule has 2 aliphatic heterocycles. The van der Waals surface area contributed by atoms with Crippen molar-refractivity contribution in [1.82, 2.24) is 29.9 Å². The number of aromatic nitrogens is 3. The molecule has 0 saturated carbocycles. The van der Waals surface area contributed by atoms with Gasteiger partial charge in [-0.05, 0) is 70.7 Å². The number of hydrogen-bond acceptors (Lipinski definition) is 10. The van der Waals surface area contributed by atoms with Crippen LogP contribution in [0.15, 0.2) is 24.5 Å². The Morgan fingerprint density at radius 1 is 1.07 bits per heavy atom. The molecule has 0 bridgehead atoms. The van der Waals surface area contributed by atoms with Gasteiger partial charge in [-0.1, -0.05) is 13.8 Å². The summed E-state index contributed by atoms with van der Waals surface area (Å²) in [6, 6.07) is 4.48. The first kappa shape index (κ1) is 35.9. The van der Waals surface area contributed by atoms with Crippen molar-refractivity contribution in [3.05, 3.63) is 35.9 Å². The van der Waals surface area contributed by atoms with Gasteiger partial charge in [-0.25, -0.2) is 9.37 Å².